The van der Waals surface area contributed by atoms with Crippen LogP contribution in [-0.2, 0) is 22.0 Å². The quantitative estimate of drug-likeness (QED) is 0.927. The van der Waals surface area contributed by atoms with Crippen molar-refractivity contribution >= 4 is 15.8 Å². The van der Waals surface area contributed by atoms with Crippen LogP contribution in [0.5, 0.6) is 0 Å². The average molecular weight is 341 g/mol. The van der Waals surface area contributed by atoms with Crippen LogP contribution in [-0.4, -0.2) is 13.4 Å². The van der Waals surface area contributed by atoms with Crippen LogP contribution in [0.2, 0.25) is 0 Å². The third kappa shape index (κ3) is 4.43. The normalized spacial score (nSPS) is 11.7. The fourth-order valence-electron chi connectivity index (χ4n) is 1.84. The first kappa shape index (κ1) is 16.8. The molecule has 0 aliphatic rings. The minimum atomic E-state index is -4.64. The Balaban J connectivity index is 2.23. The van der Waals surface area contributed by atoms with Crippen LogP contribution < -0.4 is 4.72 Å². The zero-order valence-electron chi connectivity index (χ0n) is 11.5. The summed E-state index contributed by atoms with van der Waals surface area (Å²) in [5.74, 6) is -0.918. The number of nitrogens with one attached hydrogen (secondary N) is 1. The predicted octanol–water partition coefficient (Wildman–Crippen LogP) is 2.91. The van der Waals surface area contributed by atoms with Gasteiger partial charge in [0.2, 0.25) is 10.0 Å². The fourth-order valence-corrected chi connectivity index (χ4v) is 3.02. The maximum Gasteiger partial charge on any atom is 0.416 e. The Kier molecular flexibility index (Phi) is 4.56. The van der Waals surface area contributed by atoms with Crippen LogP contribution in [0.1, 0.15) is 16.7 Å². The second-order valence-electron chi connectivity index (χ2n) is 4.56. The van der Waals surface area contributed by atoms with Crippen molar-refractivity contribution in [2.75, 3.05) is 4.72 Å². The lowest BCUT2D eigenvalue weighted by molar-refractivity contribution is -0.138. The summed E-state index contributed by atoms with van der Waals surface area (Å²) in [5.41, 5.74) is -1.13. The van der Waals surface area contributed by atoms with E-state index in [2.05, 4.69) is 9.71 Å². The van der Waals surface area contributed by atoms with Gasteiger partial charge in [0, 0.05) is 6.20 Å². The number of sulfonamides is 1. The summed E-state index contributed by atoms with van der Waals surface area (Å²) in [6, 6.07) is 8.87. The lowest BCUT2D eigenvalue weighted by Gasteiger charge is -2.13. The van der Waals surface area contributed by atoms with Gasteiger partial charge in [0.05, 0.1) is 16.9 Å². The molecule has 0 atom stereocenters. The maximum absolute atomic E-state index is 12.9. The molecule has 0 unspecified atom stereocenters. The monoisotopic (exact) mass is 341 g/mol. The highest BCUT2D eigenvalue weighted by Gasteiger charge is 2.34. The molecular weight excluding hydrogens is 331 g/mol. The molecule has 1 heterocycles. The molecule has 23 heavy (non-hydrogen) atoms. The number of alkyl halides is 3. The SMILES string of the molecule is N#Cc1ccc(NS(=O)(=O)Cc2ccccc2C(F)(F)F)nc1. The second kappa shape index (κ2) is 6.26. The van der Waals surface area contributed by atoms with E-state index in [1.54, 1.807) is 0 Å². The van der Waals surface area contributed by atoms with Gasteiger partial charge in [-0.1, -0.05) is 18.2 Å². The van der Waals surface area contributed by atoms with E-state index in [0.717, 1.165) is 18.3 Å². The van der Waals surface area contributed by atoms with Gasteiger partial charge in [0.15, 0.2) is 0 Å². The van der Waals surface area contributed by atoms with Crippen molar-refractivity contribution in [1.29, 1.82) is 5.26 Å². The van der Waals surface area contributed by atoms with Crippen molar-refractivity contribution in [3.63, 3.8) is 0 Å². The molecule has 9 heteroatoms. The summed E-state index contributed by atoms with van der Waals surface area (Å²) in [6.45, 7) is 0. The zero-order valence-corrected chi connectivity index (χ0v) is 12.3. The summed E-state index contributed by atoms with van der Waals surface area (Å²) < 4.78 is 64.7. The molecule has 0 saturated heterocycles. The maximum atomic E-state index is 12.9. The molecule has 5 nitrogen and oxygen atoms in total. The standard InChI is InChI=1S/C14H10F3N3O2S/c15-14(16,17)12-4-2-1-3-11(12)9-23(21,22)20-13-6-5-10(7-18)8-19-13/h1-6,8H,9H2,(H,19,20). The number of halogens is 3. The van der Waals surface area contributed by atoms with Crippen LogP contribution in [0.15, 0.2) is 42.6 Å². The summed E-state index contributed by atoms with van der Waals surface area (Å²) in [4.78, 5) is 3.71. The summed E-state index contributed by atoms with van der Waals surface area (Å²) in [7, 11) is -4.09. The van der Waals surface area contributed by atoms with E-state index in [4.69, 9.17) is 5.26 Å². The number of hydrogen-bond acceptors (Lipinski definition) is 4. The van der Waals surface area contributed by atoms with Gasteiger partial charge in [-0.3, -0.25) is 4.72 Å². The van der Waals surface area contributed by atoms with Crippen molar-refractivity contribution in [1.82, 2.24) is 4.98 Å². The Morgan fingerprint density at radius 3 is 2.43 bits per heavy atom. The molecule has 1 aromatic carbocycles. The Hall–Kier alpha value is -2.60. The molecule has 120 valence electrons. The third-order valence-corrected chi connectivity index (χ3v) is 4.03. The number of rotatable bonds is 4. The van der Waals surface area contributed by atoms with E-state index in [9.17, 15) is 21.6 Å². The highest BCUT2D eigenvalue weighted by molar-refractivity contribution is 7.91. The Bertz CT molecular complexity index is 841. The number of pyridine rings is 1. The van der Waals surface area contributed by atoms with E-state index in [1.165, 1.54) is 24.3 Å². The molecule has 0 amide bonds. The molecule has 2 rings (SSSR count). The number of nitriles is 1. The van der Waals surface area contributed by atoms with Crippen LogP contribution in [0.25, 0.3) is 0 Å². The molecule has 0 radical (unpaired) electrons. The minimum absolute atomic E-state index is 0.0755. The number of nitrogens with zero attached hydrogens (tertiary/aromatic N) is 2. The van der Waals surface area contributed by atoms with Crippen LogP contribution in [0.3, 0.4) is 0 Å². The van der Waals surface area contributed by atoms with E-state index >= 15 is 0 Å². The number of anilines is 1. The molecule has 0 spiro atoms. The lowest BCUT2D eigenvalue weighted by atomic mass is 10.1. The van der Waals surface area contributed by atoms with Crippen molar-refractivity contribution in [2.24, 2.45) is 0 Å². The summed E-state index contributed by atoms with van der Waals surface area (Å²) >= 11 is 0. The van der Waals surface area contributed by atoms with Gasteiger partial charge in [-0.2, -0.15) is 18.4 Å². The summed E-state index contributed by atoms with van der Waals surface area (Å²) in [5, 5.41) is 8.63. The lowest BCUT2D eigenvalue weighted by Crippen LogP contribution is -2.18. The summed E-state index contributed by atoms with van der Waals surface area (Å²) in [6.07, 6.45) is -3.49. The highest BCUT2D eigenvalue weighted by Crippen LogP contribution is 2.32. The minimum Gasteiger partial charge on any atom is -0.267 e. The van der Waals surface area contributed by atoms with Crippen LogP contribution in [0, 0.1) is 11.3 Å². The van der Waals surface area contributed by atoms with Gasteiger partial charge in [0.25, 0.3) is 0 Å². The van der Waals surface area contributed by atoms with Gasteiger partial charge in [-0.25, -0.2) is 13.4 Å². The third-order valence-electron chi connectivity index (χ3n) is 2.82. The zero-order chi connectivity index (χ0) is 17.1. The van der Waals surface area contributed by atoms with E-state index in [-0.39, 0.29) is 16.9 Å². The number of hydrogen-bond donors (Lipinski definition) is 1. The van der Waals surface area contributed by atoms with Gasteiger partial charge >= 0.3 is 6.18 Å². The molecule has 1 aromatic heterocycles. The molecular formula is C14H10F3N3O2S. The predicted molar refractivity (Wildman–Crippen MR) is 76.6 cm³/mol. The molecule has 1 N–H and O–H groups in total. The largest absolute Gasteiger partial charge is 0.416 e. The molecule has 0 bridgehead atoms. The Morgan fingerprint density at radius 1 is 1.17 bits per heavy atom. The van der Waals surface area contributed by atoms with Gasteiger partial charge in [-0.15, -0.1) is 0 Å². The van der Waals surface area contributed by atoms with Crippen LogP contribution >= 0.6 is 0 Å². The Morgan fingerprint density at radius 2 is 1.87 bits per heavy atom. The first-order valence-electron chi connectivity index (χ1n) is 6.23. The molecule has 0 saturated carbocycles. The van der Waals surface area contributed by atoms with E-state index in [1.807, 2.05) is 6.07 Å². The van der Waals surface area contributed by atoms with Gasteiger partial charge < -0.3 is 0 Å². The fraction of sp³-hybridized carbons (Fsp3) is 0.143. The molecule has 2 aromatic rings. The van der Waals surface area contributed by atoms with Crippen LogP contribution in [0.4, 0.5) is 19.0 Å². The van der Waals surface area contributed by atoms with Gasteiger partial charge in [0.1, 0.15) is 11.9 Å². The first-order valence-corrected chi connectivity index (χ1v) is 7.88. The van der Waals surface area contributed by atoms with Gasteiger partial charge in [-0.05, 0) is 23.8 Å². The highest BCUT2D eigenvalue weighted by atomic mass is 32.2. The smallest absolute Gasteiger partial charge is 0.267 e. The van der Waals surface area contributed by atoms with E-state index in [0.29, 0.717) is 0 Å². The average Bonchev–Trinajstić information content (AvgIpc) is 2.46. The number of benzene rings is 1. The van der Waals surface area contributed by atoms with Crippen molar-refractivity contribution in [2.45, 2.75) is 11.9 Å². The van der Waals surface area contributed by atoms with Crippen molar-refractivity contribution < 1.29 is 21.6 Å². The molecule has 0 aliphatic heterocycles. The van der Waals surface area contributed by atoms with Crippen molar-refractivity contribution in [3.05, 3.63) is 59.3 Å². The van der Waals surface area contributed by atoms with Crippen molar-refractivity contribution in [3.8, 4) is 6.07 Å². The van der Waals surface area contributed by atoms with E-state index < -0.39 is 27.5 Å². The second-order valence-corrected chi connectivity index (χ2v) is 6.28. The first-order chi connectivity index (χ1) is 10.7. The molecule has 0 fully saturated rings. The molecule has 0 aliphatic carbocycles. The Labute approximate surface area is 130 Å². The number of aromatic nitrogens is 1. The topological polar surface area (TPSA) is 82.9 Å².